The maximum atomic E-state index is 9.29. The van der Waals surface area contributed by atoms with E-state index < -0.39 is 5.69 Å². The van der Waals surface area contributed by atoms with Crippen LogP contribution in [0.3, 0.4) is 0 Å². The summed E-state index contributed by atoms with van der Waals surface area (Å²) in [7, 11) is 0. The van der Waals surface area contributed by atoms with Gasteiger partial charge in [0.15, 0.2) is 0 Å². The van der Waals surface area contributed by atoms with E-state index >= 15 is 0 Å². The Morgan fingerprint density at radius 1 is 0.654 bits per heavy atom. The van der Waals surface area contributed by atoms with Gasteiger partial charge in [-0.1, -0.05) is 78.6 Å². The number of rotatable bonds is 9. The second-order valence-corrected chi connectivity index (χ2v) is 9.60. The predicted molar refractivity (Wildman–Crippen MR) is 110 cm³/mol. The fourth-order valence-corrected chi connectivity index (χ4v) is 1.28. The summed E-state index contributed by atoms with van der Waals surface area (Å²) in [6.07, 6.45) is 15.2. The van der Waals surface area contributed by atoms with Crippen molar-refractivity contribution in [3.05, 3.63) is 20.8 Å². The minimum atomic E-state index is -3.72. The van der Waals surface area contributed by atoms with E-state index in [9.17, 15) is 9.79 Å². The quantitative estimate of drug-likeness (QED) is 0.116. The predicted octanol–water partition coefficient (Wildman–Crippen LogP) is 5.67. The molecule has 146 valence electrons. The Kier molecular flexibility index (Phi) is 83.1. The molecule has 0 aliphatic heterocycles. The van der Waals surface area contributed by atoms with Gasteiger partial charge in [-0.3, -0.25) is 0 Å². The topological polar surface area (TPSA) is 46.1 Å². The average molecular weight is 579 g/mol. The first-order valence-corrected chi connectivity index (χ1v) is 12.5. The van der Waals surface area contributed by atoms with Crippen LogP contribution in [0.15, 0.2) is 0 Å². The second-order valence-electron chi connectivity index (χ2n) is 5.13. The molecule has 0 radical (unpaired) electrons. The first kappa shape index (κ1) is 46.8. The average Bonchev–Trinajstić information content (AvgIpc) is 2.48. The summed E-state index contributed by atoms with van der Waals surface area (Å²) in [5.41, 5.74) is -3.72. The van der Waals surface area contributed by atoms with Crippen molar-refractivity contribution >= 4 is 29.7 Å². The molecule has 0 saturated heterocycles. The monoisotopic (exact) mass is 574 g/mol. The zero-order valence-corrected chi connectivity index (χ0v) is 29.2. The molecule has 8 heteroatoms. The van der Waals surface area contributed by atoms with Crippen LogP contribution in [-0.4, -0.2) is 0 Å². The Morgan fingerprint density at radius 3 is 0.846 bits per heavy atom. The van der Waals surface area contributed by atoms with E-state index in [-0.39, 0.29) is 58.4 Å². The van der Waals surface area contributed by atoms with Crippen LogP contribution in [0.1, 0.15) is 97.8 Å². The second kappa shape index (κ2) is 46.1. The Balaban J connectivity index is -0.0000000357. The van der Waals surface area contributed by atoms with Gasteiger partial charge >= 0.3 is 58.4 Å². The fraction of sp³-hybridized carbons (Fsp3) is 0.833. The molecule has 2 nitrogen and oxygen atoms in total. The van der Waals surface area contributed by atoms with E-state index in [0.29, 0.717) is 0 Å². The molecule has 0 saturated carbocycles. The van der Waals surface area contributed by atoms with Gasteiger partial charge in [0, 0.05) is 0 Å². The third-order valence-electron chi connectivity index (χ3n) is 2.56. The van der Waals surface area contributed by atoms with Gasteiger partial charge in [-0.15, -0.1) is 0 Å². The van der Waals surface area contributed by atoms with E-state index in [4.69, 9.17) is 0 Å². The summed E-state index contributed by atoms with van der Waals surface area (Å²) in [6.45, 7) is 17.8. The van der Waals surface area contributed by atoms with Crippen molar-refractivity contribution in [2.75, 3.05) is 0 Å². The molecule has 26 heavy (non-hydrogen) atoms. The molecule has 0 atom stereocenters. The molecule has 0 aromatic heterocycles. The number of hydrogen-bond acceptors (Lipinski definition) is 4. The molecule has 0 N–H and O–H groups in total. The molecule has 0 heterocycles. The van der Waals surface area contributed by atoms with Gasteiger partial charge < -0.3 is 48.5 Å². The Bertz CT molecular complexity index is 183. The SMILES string of the molecule is [CH2-]CCCCC.[CH2-]CCCCC.[CH2-]CCCCC.[O-]P([O-])(=S)[S-].[Zn+2].[Zn+2].[Zn+2]. The van der Waals surface area contributed by atoms with Gasteiger partial charge in [-0.05, 0) is 0 Å². The molecule has 0 amide bonds. The first-order chi connectivity index (χ1) is 10.7. The van der Waals surface area contributed by atoms with Crippen LogP contribution in [0, 0.1) is 20.8 Å². The van der Waals surface area contributed by atoms with E-state index in [2.05, 4.69) is 65.6 Å². The van der Waals surface area contributed by atoms with E-state index in [0.717, 1.165) is 19.3 Å². The maximum absolute atomic E-state index is 9.29. The summed E-state index contributed by atoms with van der Waals surface area (Å²) in [5, 5.41) is 0. The van der Waals surface area contributed by atoms with Gasteiger partial charge in [0.05, 0.1) is 0 Å². The number of unbranched alkanes of at least 4 members (excludes halogenated alkanes) is 9. The molecular weight excluding hydrogens is 539 g/mol. The summed E-state index contributed by atoms with van der Waals surface area (Å²) in [4.78, 5) is 18.6. The molecule has 0 bridgehead atoms. The van der Waals surface area contributed by atoms with Gasteiger partial charge in [-0.2, -0.15) is 31.1 Å². The van der Waals surface area contributed by atoms with Crippen molar-refractivity contribution in [1.29, 1.82) is 0 Å². The molecule has 0 unspecified atom stereocenters. The molecule has 0 fully saturated rings. The summed E-state index contributed by atoms with van der Waals surface area (Å²) < 4.78 is 0. The third kappa shape index (κ3) is 128. The number of hydrogen-bond donors (Lipinski definition) is 0. The van der Waals surface area contributed by atoms with Crippen molar-refractivity contribution in [3.63, 3.8) is 0 Å². The van der Waals surface area contributed by atoms with E-state index in [1.807, 2.05) is 0 Å². The van der Waals surface area contributed by atoms with Crippen molar-refractivity contribution in [2.45, 2.75) is 97.8 Å². The molecule has 0 spiro atoms. The molecule has 0 aromatic rings. The van der Waals surface area contributed by atoms with Crippen molar-refractivity contribution in [3.8, 4) is 0 Å². The minimum absolute atomic E-state index is 0. The zero-order valence-electron chi connectivity index (χ0n) is 17.8. The zero-order chi connectivity index (χ0) is 19.0. The summed E-state index contributed by atoms with van der Waals surface area (Å²) in [5.74, 6) is 0. The van der Waals surface area contributed by atoms with Crippen LogP contribution in [-0.2, 0) is 82.5 Å². The van der Waals surface area contributed by atoms with Crippen LogP contribution in [0.4, 0.5) is 0 Å². The Morgan fingerprint density at radius 2 is 0.808 bits per heavy atom. The van der Waals surface area contributed by atoms with Gasteiger partial charge in [-0.25, -0.2) is 0 Å². The molecule has 0 aliphatic carbocycles. The van der Waals surface area contributed by atoms with E-state index in [1.165, 1.54) is 57.8 Å². The first-order valence-electron chi connectivity index (χ1n) is 8.85. The smallest absolute Gasteiger partial charge is 0.850 e. The van der Waals surface area contributed by atoms with Gasteiger partial charge in [0.2, 0.25) is 0 Å². The van der Waals surface area contributed by atoms with Crippen molar-refractivity contribution in [1.82, 2.24) is 0 Å². The largest absolute Gasteiger partial charge is 2.00 e. The van der Waals surface area contributed by atoms with Gasteiger partial charge in [0.25, 0.3) is 0 Å². The fourth-order valence-electron chi connectivity index (χ4n) is 1.28. The summed E-state index contributed by atoms with van der Waals surface area (Å²) >= 11 is 7.28. The van der Waals surface area contributed by atoms with Gasteiger partial charge in [0.1, 0.15) is 0 Å². The minimum Gasteiger partial charge on any atom is -0.850 e. The van der Waals surface area contributed by atoms with Crippen LogP contribution in [0.2, 0.25) is 0 Å². The standard InChI is InChI=1S/3C6H13.H3O2PS2.3Zn/c3*1-3-5-6-4-2;1-3(2,4)5;;;/h3*1,3-6H2,2H3;(H3,1,2,4,5);;;/q3*-1;;3*+2/p-3. The van der Waals surface area contributed by atoms with Crippen LogP contribution >= 0.6 is 5.69 Å². The molecular formula is C18H39O2PS2Zn3. The van der Waals surface area contributed by atoms with Crippen LogP contribution in [0.5, 0.6) is 0 Å². The Hall–Kier alpha value is 2.79. The molecule has 0 aliphatic rings. The summed E-state index contributed by atoms with van der Waals surface area (Å²) in [6, 6.07) is 0. The van der Waals surface area contributed by atoms with E-state index in [1.54, 1.807) is 0 Å². The Labute approximate surface area is 214 Å². The molecule has 0 rings (SSSR count). The normalized spacial score (nSPS) is 8.50. The van der Waals surface area contributed by atoms with Crippen LogP contribution < -0.4 is 9.79 Å². The third-order valence-corrected chi connectivity index (χ3v) is 2.56. The van der Waals surface area contributed by atoms with Crippen molar-refractivity contribution in [2.24, 2.45) is 0 Å². The van der Waals surface area contributed by atoms with Crippen LogP contribution in [0.25, 0.3) is 0 Å². The maximum Gasteiger partial charge on any atom is 2.00 e. The molecule has 0 aromatic carbocycles. The van der Waals surface area contributed by atoms with Crippen molar-refractivity contribution < 1.29 is 68.2 Å².